The van der Waals surface area contributed by atoms with Gasteiger partial charge in [-0.05, 0) is 54.4 Å². The number of nitrogens with zero attached hydrogens (tertiary/aromatic N) is 3. The fourth-order valence-electron chi connectivity index (χ4n) is 5.28. The van der Waals surface area contributed by atoms with E-state index in [0.717, 1.165) is 16.3 Å². The molecule has 0 unspecified atom stereocenters. The molecule has 43 heavy (non-hydrogen) atoms. The summed E-state index contributed by atoms with van der Waals surface area (Å²) >= 11 is 1.17. The predicted molar refractivity (Wildman–Crippen MR) is 162 cm³/mol. The van der Waals surface area contributed by atoms with Crippen LogP contribution in [0.25, 0.3) is 28.2 Å². The third-order valence-corrected chi connectivity index (χ3v) is 8.19. The predicted octanol–water partition coefficient (Wildman–Crippen LogP) is 5.13. The first-order valence-corrected chi connectivity index (χ1v) is 14.2. The summed E-state index contributed by atoms with van der Waals surface area (Å²) in [7, 11) is 1.43. The standard InChI is InChI=1S/C32H25N3O7S/c1-4-41-31(37)28-18(2)33-32-34(29(28)23-11-7-9-19-8-5-6-10-22(19)23)30(36)27(43-32)17-21-13-15-26(42-21)24-14-12-20(40-3)16-25(24)35(38)39/h5-17,29H,4H2,1-3H3/b27-17-/t29-/m1/s1. The molecule has 0 spiro atoms. The molecule has 0 bridgehead atoms. The van der Waals surface area contributed by atoms with Crippen LogP contribution in [0.4, 0.5) is 5.69 Å². The third-order valence-electron chi connectivity index (χ3n) is 7.20. The van der Waals surface area contributed by atoms with Crippen molar-refractivity contribution in [1.82, 2.24) is 4.57 Å². The molecule has 0 radical (unpaired) electrons. The Labute approximate surface area is 248 Å². The molecule has 216 valence electrons. The number of benzene rings is 3. The number of ether oxygens (including phenoxy) is 2. The molecule has 0 amide bonds. The highest BCUT2D eigenvalue weighted by Gasteiger charge is 2.34. The van der Waals surface area contributed by atoms with Crippen LogP contribution in [0.5, 0.6) is 5.75 Å². The molecule has 5 aromatic rings. The number of nitro groups is 1. The van der Waals surface area contributed by atoms with Crippen LogP contribution >= 0.6 is 11.3 Å². The lowest BCUT2D eigenvalue weighted by atomic mass is 9.91. The lowest BCUT2D eigenvalue weighted by molar-refractivity contribution is -0.384. The zero-order valence-electron chi connectivity index (χ0n) is 23.4. The van der Waals surface area contributed by atoms with E-state index >= 15 is 0 Å². The number of nitro benzene ring substituents is 1. The minimum atomic E-state index is -0.766. The second kappa shape index (κ2) is 11.2. The Morgan fingerprint density at radius 1 is 1.14 bits per heavy atom. The van der Waals surface area contributed by atoms with Gasteiger partial charge in [0.25, 0.3) is 11.2 Å². The maximum Gasteiger partial charge on any atom is 0.338 e. The van der Waals surface area contributed by atoms with Gasteiger partial charge in [0.05, 0.1) is 52.1 Å². The first kappa shape index (κ1) is 27.9. The molecule has 6 rings (SSSR count). The van der Waals surface area contributed by atoms with Crippen molar-refractivity contribution in [3.63, 3.8) is 0 Å². The molecule has 10 nitrogen and oxygen atoms in total. The topological polar surface area (TPSA) is 126 Å². The average Bonchev–Trinajstić information content (AvgIpc) is 3.59. The molecule has 1 atom stereocenters. The van der Waals surface area contributed by atoms with Gasteiger partial charge < -0.3 is 13.9 Å². The van der Waals surface area contributed by atoms with Crippen molar-refractivity contribution in [3.05, 3.63) is 125 Å². The van der Waals surface area contributed by atoms with E-state index in [9.17, 15) is 19.7 Å². The van der Waals surface area contributed by atoms with Crippen LogP contribution in [0.15, 0.2) is 98.3 Å². The summed E-state index contributed by atoms with van der Waals surface area (Å²) in [6, 6.07) is 20.5. The van der Waals surface area contributed by atoms with E-state index in [1.54, 1.807) is 44.2 Å². The van der Waals surface area contributed by atoms with Crippen LogP contribution in [0.1, 0.15) is 31.2 Å². The maximum absolute atomic E-state index is 14.0. The molecule has 0 aliphatic carbocycles. The van der Waals surface area contributed by atoms with Gasteiger partial charge in [0.1, 0.15) is 17.3 Å². The van der Waals surface area contributed by atoms with E-state index in [0.29, 0.717) is 32.1 Å². The van der Waals surface area contributed by atoms with Crippen molar-refractivity contribution in [3.8, 4) is 17.1 Å². The number of esters is 1. The van der Waals surface area contributed by atoms with Gasteiger partial charge in [0.15, 0.2) is 4.80 Å². The molecule has 3 aromatic carbocycles. The number of methoxy groups -OCH3 is 1. The first-order chi connectivity index (χ1) is 20.8. The maximum atomic E-state index is 14.0. The van der Waals surface area contributed by atoms with Gasteiger partial charge in [-0.2, -0.15) is 0 Å². The van der Waals surface area contributed by atoms with Gasteiger partial charge >= 0.3 is 5.97 Å². The van der Waals surface area contributed by atoms with E-state index < -0.39 is 16.9 Å². The molecule has 3 heterocycles. The molecule has 0 fully saturated rings. The molecule has 0 saturated heterocycles. The van der Waals surface area contributed by atoms with Gasteiger partial charge in [-0.3, -0.25) is 19.5 Å². The highest BCUT2D eigenvalue weighted by Crippen LogP contribution is 2.36. The second-order valence-corrected chi connectivity index (χ2v) is 10.7. The summed E-state index contributed by atoms with van der Waals surface area (Å²) in [6.45, 7) is 3.64. The molecule has 1 aliphatic rings. The summed E-state index contributed by atoms with van der Waals surface area (Å²) in [5.41, 5.74) is 1.29. The van der Waals surface area contributed by atoms with Gasteiger partial charge in [0, 0.05) is 6.08 Å². The van der Waals surface area contributed by atoms with Crippen molar-refractivity contribution < 1.29 is 23.6 Å². The number of carbonyl (C=O) groups excluding carboxylic acids is 1. The van der Waals surface area contributed by atoms with Crippen molar-refractivity contribution in [2.24, 2.45) is 4.99 Å². The Bertz CT molecular complexity index is 2130. The van der Waals surface area contributed by atoms with Crippen molar-refractivity contribution in [2.45, 2.75) is 19.9 Å². The quantitative estimate of drug-likeness (QED) is 0.145. The van der Waals surface area contributed by atoms with E-state index in [1.165, 1.54) is 29.1 Å². The Hall–Kier alpha value is -5.29. The van der Waals surface area contributed by atoms with Gasteiger partial charge in [0.2, 0.25) is 0 Å². The SMILES string of the molecule is CCOC(=O)C1=C(C)N=c2s/c(=C\c3ccc(-c4ccc(OC)cc4[N+](=O)[O-])o3)c(=O)n2[C@@H]1c1cccc2ccccc12. The molecule has 0 N–H and O–H groups in total. The lowest BCUT2D eigenvalue weighted by Crippen LogP contribution is -2.40. The second-order valence-electron chi connectivity index (χ2n) is 9.71. The number of fused-ring (bicyclic) bond motifs is 2. The highest BCUT2D eigenvalue weighted by molar-refractivity contribution is 7.07. The third kappa shape index (κ3) is 4.93. The number of thiazole rings is 1. The van der Waals surface area contributed by atoms with Crippen LogP contribution in [-0.2, 0) is 9.53 Å². The van der Waals surface area contributed by atoms with Crippen molar-refractivity contribution in [2.75, 3.05) is 13.7 Å². The summed E-state index contributed by atoms with van der Waals surface area (Å²) in [6.07, 6.45) is 1.58. The summed E-state index contributed by atoms with van der Waals surface area (Å²) in [4.78, 5) is 43.5. The van der Waals surface area contributed by atoms with Crippen molar-refractivity contribution >= 4 is 39.8 Å². The zero-order chi connectivity index (χ0) is 30.2. The fraction of sp³-hybridized carbons (Fsp3) is 0.156. The Kier molecular flexibility index (Phi) is 7.24. The lowest BCUT2D eigenvalue weighted by Gasteiger charge is -2.25. The zero-order valence-corrected chi connectivity index (χ0v) is 24.2. The fourth-order valence-corrected chi connectivity index (χ4v) is 6.30. The van der Waals surface area contributed by atoms with E-state index in [1.807, 2.05) is 42.5 Å². The van der Waals surface area contributed by atoms with E-state index in [4.69, 9.17) is 13.9 Å². The number of carbonyl (C=O) groups is 1. The number of allylic oxidation sites excluding steroid dienone is 1. The minimum absolute atomic E-state index is 0.170. The van der Waals surface area contributed by atoms with Crippen LogP contribution in [0, 0.1) is 10.1 Å². The normalized spacial score (nSPS) is 14.9. The van der Waals surface area contributed by atoms with Gasteiger partial charge in [-0.15, -0.1) is 0 Å². The molecular weight excluding hydrogens is 570 g/mol. The van der Waals surface area contributed by atoms with Crippen molar-refractivity contribution in [1.29, 1.82) is 0 Å². The number of hydrogen-bond donors (Lipinski definition) is 0. The molecule has 1 aliphatic heterocycles. The Morgan fingerprint density at radius 2 is 1.93 bits per heavy atom. The van der Waals surface area contributed by atoms with Gasteiger partial charge in [-0.25, -0.2) is 9.79 Å². The largest absolute Gasteiger partial charge is 0.497 e. The monoisotopic (exact) mass is 595 g/mol. The van der Waals surface area contributed by atoms with E-state index in [-0.39, 0.29) is 29.2 Å². The number of hydrogen-bond acceptors (Lipinski definition) is 9. The first-order valence-electron chi connectivity index (χ1n) is 13.4. The molecular formula is C32H25N3O7S. The molecule has 2 aromatic heterocycles. The van der Waals surface area contributed by atoms with Crippen LogP contribution < -0.4 is 19.6 Å². The Balaban J connectivity index is 1.51. The average molecular weight is 596 g/mol. The number of aromatic nitrogens is 1. The molecule has 0 saturated carbocycles. The van der Waals surface area contributed by atoms with Crippen LogP contribution in [0.2, 0.25) is 0 Å². The number of furan rings is 1. The smallest absolute Gasteiger partial charge is 0.338 e. The molecule has 11 heteroatoms. The Morgan fingerprint density at radius 3 is 2.70 bits per heavy atom. The van der Waals surface area contributed by atoms with Gasteiger partial charge in [-0.1, -0.05) is 53.8 Å². The van der Waals surface area contributed by atoms with Crippen LogP contribution in [-0.4, -0.2) is 29.2 Å². The van der Waals surface area contributed by atoms with Crippen LogP contribution in [0.3, 0.4) is 0 Å². The summed E-state index contributed by atoms with van der Waals surface area (Å²) < 4.78 is 18.3. The minimum Gasteiger partial charge on any atom is -0.497 e. The summed E-state index contributed by atoms with van der Waals surface area (Å²) in [5, 5.41) is 13.6. The summed E-state index contributed by atoms with van der Waals surface area (Å²) in [5.74, 6) is 0.408. The van der Waals surface area contributed by atoms with E-state index in [2.05, 4.69) is 4.99 Å². The number of rotatable bonds is 7. The highest BCUT2D eigenvalue weighted by atomic mass is 32.1.